The van der Waals surface area contributed by atoms with Gasteiger partial charge < -0.3 is 4.74 Å². The number of hydrogen-bond donors (Lipinski definition) is 1. The largest absolute Gasteiger partial charge is 0.494 e. The van der Waals surface area contributed by atoms with Crippen LogP contribution in [0, 0.1) is 5.92 Å². The number of ether oxygens (including phenoxy) is 1. The van der Waals surface area contributed by atoms with Gasteiger partial charge in [-0.2, -0.15) is 0 Å². The molecular weight excluding hydrogens is 402 g/mol. The first kappa shape index (κ1) is 17.8. The Bertz CT molecular complexity index is 896. The van der Waals surface area contributed by atoms with Gasteiger partial charge in [-0.05, 0) is 36.4 Å². The summed E-state index contributed by atoms with van der Waals surface area (Å²) in [4.78, 5) is 42.1. The highest BCUT2D eigenvalue weighted by atomic mass is 79.9. The summed E-state index contributed by atoms with van der Waals surface area (Å²) in [7, 11) is 1.50. The lowest BCUT2D eigenvalue weighted by Gasteiger charge is -2.28. The van der Waals surface area contributed by atoms with E-state index in [1.165, 1.54) is 13.3 Å². The lowest BCUT2D eigenvalue weighted by molar-refractivity contribution is -0.131. The molecule has 1 aliphatic heterocycles. The number of imide groups is 2. The summed E-state index contributed by atoms with van der Waals surface area (Å²) in [5.41, 5.74) is 0.835. The van der Waals surface area contributed by atoms with E-state index in [0.29, 0.717) is 17.1 Å². The van der Waals surface area contributed by atoms with Crippen molar-refractivity contribution in [1.82, 2.24) is 5.32 Å². The second-order valence-electron chi connectivity index (χ2n) is 5.37. The van der Waals surface area contributed by atoms with E-state index in [2.05, 4.69) is 26.2 Å². The van der Waals surface area contributed by atoms with Crippen LogP contribution in [0.25, 0.3) is 0 Å². The smallest absolute Gasteiger partial charge is 0.335 e. The molecule has 1 N–H and O–H groups in total. The number of hydrogen-bond acceptors (Lipinski definition) is 5. The number of nitrogens with one attached hydrogen (secondary N) is 1. The third kappa shape index (κ3) is 3.50. The molecule has 0 saturated carbocycles. The molecule has 0 spiro atoms. The highest BCUT2D eigenvalue weighted by Gasteiger charge is 2.40. The molecule has 2 aromatic carbocycles. The van der Waals surface area contributed by atoms with E-state index in [1.54, 1.807) is 48.5 Å². The minimum Gasteiger partial charge on any atom is -0.494 e. The highest BCUT2D eigenvalue weighted by molar-refractivity contribution is 9.10. The second-order valence-corrected chi connectivity index (χ2v) is 6.29. The van der Waals surface area contributed by atoms with E-state index < -0.39 is 23.8 Å². The summed E-state index contributed by atoms with van der Waals surface area (Å²) in [5.74, 6) is -2.10. The Hall–Kier alpha value is -3.00. The van der Waals surface area contributed by atoms with Crippen LogP contribution in [0.1, 0.15) is 0 Å². The molecule has 0 aromatic heterocycles. The predicted octanol–water partition coefficient (Wildman–Crippen LogP) is 3.06. The van der Waals surface area contributed by atoms with Crippen molar-refractivity contribution >= 4 is 51.4 Å². The molecule has 1 fully saturated rings. The fraction of sp³-hybridized carbons (Fsp3) is 0.111. The summed E-state index contributed by atoms with van der Waals surface area (Å²) in [6, 6.07) is 12.8. The summed E-state index contributed by atoms with van der Waals surface area (Å²) < 4.78 is 5.99. The van der Waals surface area contributed by atoms with Gasteiger partial charge >= 0.3 is 6.03 Å². The average Bonchev–Trinajstić information content (AvgIpc) is 2.63. The molecule has 3 rings (SSSR count). The van der Waals surface area contributed by atoms with Gasteiger partial charge in [0.1, 0.15) is 11.4 Å². The van der Waals surface area contributed by atoms with E-state index in [9.17, 15) is 14.4 Å². The van der Waals surface area contributed by atoms with Crippen LogP contribution < -0.4 is 15.0 Å². The average molecular weight is 416 g/mol. The van der Waals surface area contributed by atoms with Gasteiger partial charge in [-0.1, -0.05) is 28.1 Å². The van der Waals surface area contributed by atoms with E-state index in [4.69, 9.17) is 4.74 Å². The molecule has 8 heteroatoms. The van der Waals surface area contributed by atoms with E-state index in [0.717, 1.165) is 9.37 Å². The number of para-hydroxylation sites is 2. The van der Waals surface area contributed by atoms with Gasteiger partial charge in [0.15, 0.2) is 5.92 Å². The fourth-order valence-electron chi connectivity index (χ4n) is 2.45. The summed E-state index contributed by atoms with van der Waals surface area (Å²) >= 11 is 3.29. The monoisotopic (exact) mass is 415 g/mol. The molecule has 0 unspecified atom stereocenters. The van der Waals surface area contributed by atoms with Crippen molar-refractivity contribution in [2.45, 2.75) is 0 Å². The topological polar surface area (TPSA) is 88.1 Å². The minimum absolute atomic E-state index is 0.360. The number of nitrogens with zero attached hydrogens (tertiary/aromatic N) is 2. The molecular formula is C18H14BrN3O4. The van der Waals surface area contributed by atoms with E-state index >= 15 is 0 Å². The Morgan fingerprint density at radius 3 is 2.50 bits per heavy atom. The van der Waals surface area contributed by atoms with Crippen LogP contribution in [0.3, 0.4) is 0 Å². The van der Waals surface area contributed by atoms with Gasteiger partial charge in [-0.25, -0.2) is 9.69 Å². The Kier molecular flexibility index (Phi) is 5.13. The van der Waals surface area contributed by atoms with Crippen molar-refractivity contribution in [3.8, 4) is 5.75 Å². The standard InChI is InChI=1S/C18H14BrN3O4/c1-26-15-5-3-2-4-14(15)20-10-13-16(23)21-18(25)22(17(13)24)12-8-6-11(19)7-9-12/h2-10,13H,1H3,(H,21,23,25)/t13-/m1/s1. The van der Waals surface area contributed by atoms with Gasteiger partial charge in [0.2, 0.25) is 5.91 Å². The molecule has 7 nitrogen and oxygen atoms in total. The van der Waals surface area contributed by atoms with Crippen LogP contribution in [0.2, 0.25) is 0 Å². The molecule has 132 valence electrons. The molecule has 0 aliphatic carbocycles. The molecule has 2 aromatic rings. The Morgan fingerprint density at radius 1 is 1.12 bits per heavy atom. The van der Waals surface area contributed by atoms with Crippen LogP contribution in [-0.4, -0.2) is 31.2 Å². The molecule has 0 radical (unpaired) electrons. The van der Waals surface area contributed by atoms with Gasteiger partial charge in [-0.15, -0.1) is 0 Å². The number of halogens is 1. The van der Waals surface area contributed by atoms with Gasteiger partial charge in [0.25, 0.3) is 5.91 Å². The summed E-state index contributed by atoms with van der Waals surface area (Å²) in [6.07, 6.45) is 1.22. The van der Waals surface area contributed by atoms with Crippen LogP contribution in [0.15, 0.2) is 58.0 Å². The van der Waals surface area contributed by atoms with Crippen LogP contribution in [0.5, 0.6) is 5.75 Å². The third-order valence-electron chi connectivity index (χ3n) is 3.73. The van der Waals surface area contributed by atoms with Crippen LogP contribution in [0.4, 0.5) is 16.2 Å². The van der Waals surface area contributed by atoms with Crippen LogP contribution >= 0.6 is 15.9 Å². The second kappa shape index (κ2) is 7.49. The zero-order valence-corrected chi connectivity index (χ0v) is 15.3. The Balaban J connectivity index is 1.90. The molecule has 1 atom stereocenters. The first-order chi connectivity index (χ1) is 12.5. The molecule has 1 heterocycles. The number of aliphatic imine (C=N–C) groups is 1. The lowest BCUT2D eigenvalue weighted by atomic mass is 10.1. The van der Waals surface area contributed by atoms with Gasteiger partial charge in [0, 0.05) is 10.7 Å². The molecule has 1 aliphatic rings. The first-order valence-electron chi connectivity index (χ1n) is 7.63. The SMILES string of the molecule is COc1ccccc1N=C[C@@H]1C(=O)NC(=O)N(c2ccc(Br)cc2)C1=O. The van der Waals surface area contributed by atoms with Crippen molar-refractivity contribution in [1.29, 1.82) is 0 Å². The maximum Gasteiger partial charge on any atom is 0.335 e. The highest BCUT2D eigenvalue weighted by Crippen LogP contribution is 2.27. The lowest BCUT2D eigenvalue weighted by Crippen LogP contribution is -2.58. The summed E-state index contributed by atoms with van der Waals surface area (Å²) in [5, 5.41) is 2.18. The van der Waals surface area contributed by atoms with Gasteiger partial charge in [0.05, 0.1) is 12.8 Å². The number of anilines is 1. The van der Waals surface area contributed by atoms with Crippen molar-refractivity contribution < 1.29 is 19.1 Å². The number of barbiturate groups is 1. The van der Waals surface area contributed by atoms with Crippen molar-refractivity contribution in [2.75, 3.05) is 12.0 Å². The van der Waals surface area contributed by atoms with Gasteiger partial charge in [-0.3, -0.25) is 19.9 Å². The zero-order valence-electron chi connectivity index (χ0n) is 13.7. The quantitative estimate of drug-likeness (QED) is 0.613. The molecule has 4 amide bonds. The molecule has 26 heavy (non-hydrogen) atoms. The molecule has 1 saturated heterocycles. The van der Waals surface area contributed by atoms with Crippen molar-refractivity contribution in [2.24, 2.45) is 10.9 Å². The number of methoxy groups -OCH3 is 1. The van der Waals surface area contributed by atoms with Crippen molar-refractivity contribution in [3.63, 3.8) is 0 Å². The normalized spacial score (nSPS) is 17.5. The summed E-state index contributed by atoms with van der Waals surface area (Å²) in [6.45, 7) is 0. The maximum absolute atomic E-state index is 12.7. The predicted molar refractivity (Wildman–Crippen MR) is 99.8 cm³/mol. The van der Waals surface area contributed by atoms with E-state index in [-0.39, 0.29) is 0 Å². The fourth-order valence-corrected chi connectivity index (χ4v) is 2.71. The first-order valence-corrected chi connectivity index (χ1v) is 8.42. The third-order valence-corrected chi connectivity index (χ3v) is 4.26. The number of amides is 4. The van der Waals surface area contributed by atoms with Crippen LogP contribution in [-0.2, 0) is 9.59 Å². The number of urea groups is 1. The molecule has 0 bridgehead atoms. The van der Waals surface area contributed by atoms with E-state index in [1.807, 2.05) is 0 Å². The maximum atomic E-state index is 12.7. The van der Waals surface area contributed by atoms with Crippen molar-refractivity contribution in [3.05, 3.63) is 53.0 Å². The number of benzene rings is 2. The number of rotatable bonds is 4. The minimum atomic E-state index is -1.22. The zero-order chi connectivity index (χ0) is 18.7. The Labute approximate surface area is 157 Å². The Morgan fingerprint density at radius 2 is 1.81 bits per heavy atom. The number of carbonyl (C=O) groups excluding carboxylic acids is 3. The number of carbonyl (C=O) groups is 3.